The van der Waals surface area contributed by atoms with Gasteiger partial charge in [-0.2, -0.15) is 0 Å². The van der Waals surface area contributed by atoms with E-state index in [1.54, 1.807) is 0 Å². The van der Waals surface area contributed by atoms with Gasteiger partial charge in [-0.25, -0.2) is 8.78 Å². The van der Waals surface area contributed by atoms with E-state index in [4.69, 9.17) is 0 Å². The first-order chi connectivity index (χ1) is 9.13. The third kappa shape index (κ3) is 6.32. The van der Waals surface area contributed by atoms with Crippen molar-refractivity contribution in [2.24, 2.45) is 0 Å². The molecule has 2 nitrogen and oxygen atoms in total. The lowest BCUT2D eigenvalue weighted by Crippen LogP contribution is -2.11. The van der Waals surface area contributed by atoms with Crippen LogP contribution in [0, 0.1) is 11.6 Å². The minimum absolute atomic E-state index is 0.151. The van der Waals surface area contributed by atoms with Crippen LogP contribution in [-0.2, 0) is 4.79 Å². The first kappa shape index (κ1) is 15.6. The summed E-state index contributed by atoms with van der Waals surface area (Å²) in [5.74, 6) is -2.01. The fourth-order valence-corrected chi connectivity index (χ4v) is 1.86. The molecule has 0 aliphatic carbocycles. The summed E-state index contributed by atoms with van der Waals surface area (Å²) in [5.41, 5.74) is 0.301. The summed E-state index contributed by atoms with van der Waals surface area (Å²) in [6.07, 6.45) is 7.08. The van der Waals surface area contributed by atoms with Crippen LogP contribution in [0.25, 0.3) is 0 Å². The zero-order chi connectivity index (χ0) is 14.1. The molecule has 0 bridgehead atoms. The molecule has 0 aromatic heterocycles. The smallest absolute Gasteiger partial charge is 0.224 e. The predicted molar refractivity (Wildman–Crippen MR) is 73.0 cm³/mol. The molecule has 1 aromatic rings. The van der Waals surface area contributed by atoms with E-state index in [9.17, 15) is 13.6 Å². The monoisotopic (exact) mass is 269 g/mol. The van der Waals surface area contributed by atoms with Crippen molar-refractivity contribution in [1.29, 1.82) is 0 Å². The van der Waals surface area contributed by atoms with Crippen molar-refractivity contribution in [3.8, 4) is 0 Å². The van der Waals surface area contributed by atoms with Crippen molar-refractivity contribution in [2.45, 2.75) is 51.9 Å². The van der Waals surface area contributed by atoms with Crippen molar-refractivity contribution in [1.82, 2.24) is 0 Å². The first-order valence-electron chi connectivity index (χ1n) is 6.88. The molecule has 4 heteroatoms. The van der Waals surface area contributed by atoms with Crippen molar-refractivity contribution < 1.29 is 13.6 Å². The third-order valence-corrected chi connectivity index (χ3v) is 2.96. The number of benzene rings is 1. The summed E-state index contributed by atoms with van der Waals surface area (Å²) in [6.45, 7) is 2.16. The van der Waals surface area contributed by atoms with Gasteiger partial charge in [0.15, 0.2) is 11.6 Å². The van der Waals surface area contributed by atoms with E-state index in [0.717, 1.165) is 31.4 Å². The van der Waals surface area contributed by atoms with Crippen LogP contribution in [0.3, 0.4) is 0 Å². The molecule has 19 heavy (non-hydrogen) atoms. The molecule has 0 fully saturated rings. The maximum atomic E-state index is 12.9. The van der Waals surface area contributed by atoms with Gasteiger partial charge >= 0.3 is 0 Å². The van der Waals surface area contributed by atoms with E-state index < -0.39 is 11.6 Å². The van der Waals surface area contributed by atoms with Gasteiger partial charge in [0, 0.05) is 18.2 Å². The number of hydrogen-bond donors (Lipinski definition) is 1. The van der Waals surface area contributed by atoms with Gasteiger partial charge < -0.3 is 5.32 Å². The van der Waals surface area contributed by atoms with Crippen LogP contribution in [0.15, 0.2) is 18.2 Å². The van der Waals surface area contributed by atoms with Gasteiger partial charge in [-0.3, -0.25) is 4.79 Å². The summed E-state index contributed by atoms with van der Waals surface area (Å²) in [7, 11) is 0. The highest BCUT2D eigenvalue weighted by Crippen LogP contribution is 2.14. The Morgan fingerprint density at radius 1 is 1.05 bits per heavy atom. The quantitative estimate of drug-likeness (QED) is 0.683. The van der Waals surface area contributed by atoms with Crippen LogP contribution in [0.2, 0.25) is 0 Å². The number of anilines is 1. The van der Waals surface area contributed by atoms with E-state index in [0.29, 0.717) is 12.1 Å². The van der Waals surface area contributed by atoms with E-state index in [1.807, 2.05) is 0 Å². The molecule has 1 amide bonds. The van der Waals surface area contributed by atoms with Crippen molar-refractivity contribution in [3.63, 3.8) is 0 Å². The summed E-state index contributed by atoms with van der Waals surface area (Å²) in [4.78, 5) is 11.6. The van der Waals surface area contributed by atoms with E-state index in [2.05, 4.69) is 12.2 Å². The van der Waals surface area contributed by atoms with Crippen molar-refractivity contribution >= 4 is 11.6 Å². The minimum Gasteiger partial charge on any atom is -0.326 e. The number of nitrogens with one attached hydrogen (secondary N) is 1. The molecule has 0 aliphatic rings. The van der Waals surface area contributed by atoms with E-state index >= 15 is 0 Å². The number of halogens is 2. The van der Waals surface area contributed by atoms with Gasteiger partial charge in [0.2, 0.25) is 5.91 Å². The SMILES string of the molecule is CCCCCCCCC(=O)Nc1ccc(F)c(F)c1. The molecule has 0 heterocycles. The first-order valence-corrected chi connectivity index (χ1v) is 6.88. The highest BCUT2D eigenvalue weighted by Gasteiger charge is 2.05. The number of amides is 1. The maximum absolute atomic E-state index is 12.9. The largest absolute Gasteiger partial charge is 0.326 e. The average molecular weight is 269 g/mol. The van der Waals surface area contributed by atoms with Gasteiger partial charge in [-0.1, -0.05) is 39.0 Å². The highest BCUT2D eigenvalue weighted by atomic mass is 19.2. The van der Waals surface area contributed by atoms with Crippen molar-refractivity contribution in [3.05, 3.63) is 29.8 Å². The molecule has 0 unspecified atom stereocenters. The number of rotatable bonds is 8. The van der Waals surface area contributed by atoms with Gasteiger partial charge in [-0.05, 0) is 18.6 Å². The summed E-state index contributed by atoms with van der Waals surface area (Å²) in [6, 6.07) is 3.36. The third-order valence-electron chi connectivity index (χ3n) is 2.96. The van der Waals surface area contributed by atoms with Gasteiger partial charge in [0.25, 0.3) is 0 Å². The van der Waals surface area contributed by atoms with Crippen LogP contribution in [-0.4, -0.2) is 5.91 Å². The van der Waals surface area contributed by atoms with E-state index in [-0.39, 0.29) is 5.91 Å². The fraction of sp³-hybridized carbons (Fsp3) is 0.533. The minimum atomic E-state index is -0.947. The van der Waals surface area contributed by atoms with Gasteiger partial charge in [0.1, 0.15) is 0 Å². The molecule has 0 atom stereocenters. The number of unbranched alkanes of at least 4 members (excludes halogenated alkanes) is 5. The molecule has 0 spiro atoms. The Balaban J connectivity index is 2.21. The summed E-state index contributed by atoms with van der Waals surface area (Å²) < 4.78 is 25.6. The van der Waals surface area contributed by atoms with Crippen LogP contribution < -0.4 is 5.32 Å². The molecule has 1 N–H and O–H groups in total. The Kier molecular flexibility index (Phi) is 7.08. The lowest BCUT2D eigenvalue weighted by Gasteiger charge is -2.05. The molecule has 106 valence electrons. The average Bonchev–Trinajstić information content (AvgIpc) is 2.38. The Bertz CT molecular complexity index is 407. The Morgan fingerprint density at radius 2 is 1.74 bits per heavy atom. The number of carbonyl (C=O) groups excluding carboxylic acids is 1. The number of hydrogen-bond acceptors (Lipinski definition) is 1. The zero-order valence-corrected chi connectivity index (χ0v) is 11.3. The molecule has 0 aliphatic heterocycles. The standard InChI is InChI=1S/C15H21F2NO/c1-2-3-4-5-6-7-8-15(19)18-12-9-10-13(16)14(17)11-12/h9-11H,2-8H2,1H3,(H,18,19). The Morgan fingerprint density at radius 3 is 2.42 bits per heavy atom. The predicted octanol–water partition coefficient (Wildman–Crippen LogP) is 4.65. The van der Waals surface area contributed by atoms with Crippen LogP contribution in [0.1, 0.15) is 51.9 Å². The lowest BCUT2D eigenvalue weighted by atomic mass is 10.1. The Labute approximate surface area is 113 Å². The summed E-state index contributed by atoms with van der Waals surface area (Å²) >= 11 is 0. The summed E-state index contributed by atoms with van der Waals surface area (Å²) in [5, 5.41) is 2.57. The van der Waals surface area contributed by atoms with Gasteiger partial charge in [0.05, 0.1) is 0 Å². The molecule has 0 saturated heterocycles. The normalized spacial score (nSPS) is 10.5. The van der Waals surface area contributed by atoms with Gasteiger partial charge in [-0.15, -0.1) is 0 Å². The van der Waals surface area contributed by atoms with Crippen LogP contribution in [0.4, 0.5) is 14.5 Å². The van der Waals surface area contributed by atoms with Crippen LogP contribution >= 0.6 is 0 Å². The Hall–Kier alpha value is -1.45. The van der Waals surface area contributed by atoms with Crippen LogP contribution in [0.5, 0.6) is 0 Å². The molecule has 0 radical (unpaired) electrons. The second-order valence-electron chi connectivity index (χ2n) is 4.69. The van der Waals surface area contributed by atoms with Crippen molar-refractivity contribution in [2.75, 3.05) is 5.32 Å². The zero-order valence-electron chi connectivity index (χ0n) is 11.3. The second kappa shape index (κ2) is 8.62. The molecular formula is C15H21F2NO. The van der Waals surface area contributed by atoms with E-state index in [1.165, 1.54) is 25.3 Å². The molecule has 1 rings (SSSR count). The lowest BCUT2D eigenvalue weighted by molar-refractivity contribution is -0.116. The molecule has 0 saturated carbocycles. The second-order valence-corrected chi connectivity index (χ2v) is 4.69. The fourth-order valence-electron chi connectivity index (χ4n) is 1.86. The topological polar surface area (TPSA) is 29.1 Å². The molecular weight excluding hydrogens is 248 g/mol. The maximum Gasteiger partial charge on any atom is 0.224 e. The number of carbonyl (C=O) groups is 1. The highest BCUT2D eigenvalue weighted by molar-refractivity contribution is 5.90. The molecule has 1 aromatic carbocycles.